The summed E-state index contributed by atoms with van der Waals surface area (Å²) in [6, 6.07) is 1.27. The van der Waals surface area contributed by atoms with Gasteiger partial charge in [0.1, 0.15) is 6.04 Å². The second kappa shape index (κ2) is 6.53. The van der Waals surface area contributed by atoms with Gasteiger partial charge in [0, 0.05) is 30.1 Å². The first-order valence-electron chi connectivity index (χ1n) is 5.99. The fourth-order valence-corrected chi connectivity index (χ4v) is 2.41. The van der Waals surface area contributed by atoms with E-state index in [0.717, 1.165) is 5.69 Å². The summed E-state index contributed by atoms with van der Waals surface area (Å²) < 4.78 is 6.71. The van der Waals surface area contributed by atoms with Gasteiger partial charge in [-0.2, -0.15) is 11.8 Å². The van der Waals surface area contributed by atoms with Crippen LogP contribution in [0.15, 0.2) is 24.7 Å². The number of aromatic nitrogens is 3. The van der Waals surface area contributed by atoms with Crippen LogP contribution in [0.1, 0.15) is 12.6 Å². The van der Waals surface area contributed by atoms with Gasteiger partial charge in [-0.3, -0.25) is 9.20 Å². The highest BCUT2D eigenvalue weighted by Crippen LogP contribution is 2.12. The molecule has 2 rings (SSSR count). The first-order chi connectivity index (χ1) is 9.20. The molecule has 0 amide bonds. The summed E-state index contributed by atoms with van der Waals surface area (Å²) in [5.74, 6) is 1.52. The Labute approximate surface area is 115 Å². The topological polar surface area (TPSA) is 82.5 Å². The third-order valence-corrected chi connectivity index (χ3v) is 3.52. The molecule has 1 atom stereocenters. The Balaban J connectivity index is 1.84. The zero-order valence-electron chi connectivity index (χ0n) is 10.7. The predicted molar refractivity (Wildman–Crippen MR) is 73.8 cm³/mol. The normalized spacial score (nSPS) is 12.5. The van der Waals surface area contributed by atoms with E-state index in [1.807, 2.05) is 22.9 Å². The average molecular weight is 280 g/mol. The summed E-state index contributed by atoms with van der Waals surface area (Å²) in [7, 11) is 0. The SMILES string of the molecule is CCOC(=O)C(N)CSCc1cn2cccnc2n1. The average Bonchev–Trinajstić information content (AvgIpc) is 2.81. The summed E-state index contributed by atoms with van der Waals surface area (Å²) in [6.07, 6.45) is 5.52. The number of carbonyl (C=O) groups excluding carboxylic acids is 1. The highest BCUT2D eigenvalue weighted by molar-refractivity contribution is 7.98. The van der Waals surface area contributed by atoms with Crippen molar-refractivity contribution in [2.24, 2.45) is 5.73 Å². The van der Waals surface area contributed by atoms with E-state index in [0.29, 0.717) is 23.9 Å². The van der Waals surface area contributed by atoms with Gasteiger partial charge in [-0.25, -0.2) is 9.97 Å². The molecule has 19 heavy (non-hydrogen) atoms. The van der Waals surface area contributed by atoms with Crippen LogP contribution in [0, 0.1) is 0 Å². The smallest absolute Gasteiger partial charge is 0.323 e. The maximum Gasteiger partial charge on any atom is 0.323 e. The molecule has 1 unspecified atom stereocenters. The molecule has 2 heterocycles. The lowest BCUT2D eigenvalue weighted by atomic mass is 10.4. The summed E-state index contributed by atoms with van der Waals surface area (Å²) in [5.41, 5.74) is 6.63. The fraction of sp³-hybridized carbons (Fsp3) is 0.417. The first kappa shape index (κ1) is 13.8. The number of imidazole rings is 1. The van der Waals surface area contributed by atoms with E-state index in [1.165, 1.54) is 0 Å². The lowest BCUT2D eigenvalue weighted by Crippen LogP contribution is -2.34. The Hall–Kier alpha value is -1.60. The molecule has 2 aromatic rings. The third kappa shape index (κ3) is 3.68. The predicted octanol–water partition coefficient (Wildman–Crippen LogP) is 0.853. The van der Waals surface area contributed by atoms with Gasteiger partial charge in [0.25, 0.3) is 0 Å². The van der Waals surface area contributed by atoms with Crippen molar-refractivity contribution in [3.63, 3.8) is 0 Å². The van der Waals surface area contributed by atoms with Gasteiger partial charge in [0.15, 0.2) is 0 Å². The van der Waals surface area contributed by atoms with Crippen LogP contribution in [0.2, 0.25) is 0 Å². The highest BCUT2D eigenvalue weighted by atomic mass is 32.2. The molecule has 0 aromatic carbocycles. The van der Waals surface area contributed by atoms with E-state index in [2.05, 4.69) is 9.97 Å². The number of hydrogen-bond donors (Lipinski definition) is 1. The Bertz CT molecular complexity index is 524. The number of thioether (sulfide) groups is 1. The Morgan fingerprint density at radius 3 is 3.21 bits per heavy atom. The number of nitrogens with zero attached hydrogens (tertiary/aromatic N) is 3. The van der Waals surface area contributed by atoms with Crippen molar-refractivity contribution in [1.82, 2.24) is 14.4 Å². The molecule has 0 spiro atoms. The van der Waals surface area contributed by atoms with Gasteiger partial charge in [-0.15, -0.1) is 0 Å². The number of nitrogens with two attached hydrogens (primary N) is 1. The third-order valence-electron chi connectivity index (χ3n) is 2.42. The molecular weight excluding hydrogens is 264 g/mol. The number of carbonyl (C=O) groups is 1. The maximum atomic E-state index is 11.3. The van der Waals surface area contributed by atoms with Crippen LogP contribution >= 0.6 is 11.8 Å². The van der Waals surface area contributed by atoms with Crippen LogP contribution in [0.5, 0.6) is 0 Å². The van der Waals surface area contributed by atoms with Crippen LogP contribution < -0.4 is 5.73 Å². The van der Waals surface area contributed by atoms with Crippen LogP contribution in [-0.2, 0) is 15.3 Å². The lowest BCUT2D eigenvalue weighted by molar-refractivity contribution is -0.144. The summed E-state index contributed by atoms with van der Waals surface area (Å²) >= 11 is 1.55. The van der Waals surface area contributed by atoms with Crippen LogP contribution in [0.3, 0.4) is 0 Å². The van der Waals surface area contributed by atoms with Gasteiger partial charge in [0.2, 0.25) is 5.78 Å². The van der Waals surface area contributed by atoms with Crippen molar-refractivity contribution < 1.29 is 9.53 Å². The largest absolute Gasteiger partial charge is 0.465 e. The molecule has 0 aliphatic carbocycles. The Morgan fingerprint density at radius 2 is 2.47 bits per heavy atom. The monoisotopic (exact) mass is 280 g/mol. The van der Waals surface area contributed by atoms with Crippen molar-refractivity contribution in [3.8, 4) is 0 Å². The van der Waals surface area contributed by atoms with E-state index in [-0.39, 0.29) is 5.97 Å². The lowest BCUT2D eigenvalue weighted by Gasteiger charge is -2.09. The maximum absolute atomic E-state index is 11.3. The molecule has 0 radical (unpaired) electrons. The number of fused-ring (bicyclic) bond motifs is 1. The minimum absolute atomic E-state index is 0.355. The summed E-state index contributed by atoms with van der Waals surface area (Å²) in [4.78, 5) is 19.8. The van der Waals surface area contributed by atoms with E-state index in [9.17, 15) is 4.79 Å². The zero-order valence-corrected chi connectivity index (χ0v) is 11.5. The summed E-state index contributed by atoms with van der Waals surface area (Å²) in [6.45, 7) is 2.12. The molecule has 0 saturated heterocycles. The Morgan fingerprint density at radius 1 is 1.63 bits per heavy atom. The van der Waals surface area contributed by atoms with Gasteiger partial charge in [-0.05, 0) is 13.0 Å². The van der Waals surface area contributed by atoms with Gasteiger partial charge in [0.05, 0.1) is 12.3 Å². The molecule has 102 valence electrons. The quantitative estimate of drug-likeness (QED) is 0.790. The van der Waals surface area contributed by atoms with Crippen LogP contribution in [0.25, 0.3) is 5.78 Å². The number of ether oxygens (including phenoxy) is 1. The van der Waals surface area contributed by atoms with E-state index in [4.69, 9.17) is 10.5 Å². The molecule has 0 fully saturated rings. The van der Waals surface area contributed by atoms with Crippen molar-refractivity contribution in [2.75, 3.05) is 12.4 Å². The molecule has 2 aromatic heterocycles. The van der Waals surface area contributed by atoms with Gasteiger partial charge in [-0.1, -0.05) is 0 Å². The second-order valence-corrected chi connectivity index (χ2v) is 4.96. The van der Waals surface area contributed by atoms with E-state index >= 15 is 0 Å². The molecule has 0 bridgehead atoms. The van der Waals surface area contributed by atoms with Crippen molar-refractivity contribution in [3.05, 3.63) is 30.4 Å². The standard InChI is InChI=1S/C12H16N4O2S/c1-2-18-11(17)10(13)8-19-7-9-6-16-5-3-4-14-12(16)15-9/h3-6,10H,2,7-8,13H2,1H3. The van der Waals surface area contributed by atoms with Gasteiger partial charge < -0.3 is 10.5 Å². The number of hydrogen-bond acceptors (Lipinski definition) is 6. The zero-order chi connectivity index (χ0) is 13.7. The van der Waals surface area contributed by atoms with Crippen LogP contribution in [-0.4, -0.2) is 38.7 Å². The fourth-order valence-electron chi connectivity index (χ4n) is 1.56. The van der Waals surface area contributed by atoms with Crippen LogP contribution in [0.4, 0.5) is 0 Å². The molecule has 0 aliphatic heterocycles. The molecule has 7 heteroatoms. The van der Waals surface area contributed by atoms with Gasteiger partial charge >= 0.3 is 5.97 Å². The second-order valence-electron chi connectivity index (χ2n) is 3.93. The van der Waals surface area contributed by atoms with E-state index < -0.39 is 6.04 Å². The van der Waals surface area contributed by atoms with Crippen molar-refractivity contribution >= 4 is 23.5 Å². The summed E-state index contributed by atoms with van der Waals surface area (Å²) in [5, 5.41) is 0. The first-order valence-corrected chi connectivity index (χ1v) is 7.14. The van der Waals surface area contributed by atoms with Crippen molar-refractivity contribution in [1.29, 1.82) is 0 Å². The molecule has 2 N–H and O–H groups in total. The van der Waals surface area contributed by atoms with Crippen molar-refractivity contribution in [2.45, 2.75) is 18.7 Å². The minimum Gasteiger partial charge on any atom is -0.465 e. The molecule has 0 saturated carbocycles. The molecular formula is C12H16N4O2S. The molecule has 0 aliphatic rings. The minimum atomic E-state index is -0.583. The molecule has 6 nitrogen and oxygen atoms in total. The highest BCUT2D eigenvalue weighted by Gasteiger charge is 2.14. The Kier molecular flexibility index (Phi) is 4.75. The van der Waals surface area contributed by atoms with E-state index in [1.54, 1.807) is 24.9 Å². The number of esters is 1. The number of rotatable bonds is 6.